The summed E-state index contributed by atoms with van der Waals surface area (Å²) in [6.07, 6.45) is 1.42. The Morgan fingerprint density at radius 2 is 2.24 bits per heavy atom. The van der Waals surface area contributed by atoms with E-state index in [1.165, 1.54) is 0 Å². The fourth-order valence-electron chi connectivity index (χ4n) is 2.33. The van der Waals surface area contributed by atoms with Crippen LogP contribution in [0.5, 0.6) is 0 Å². The van der Waals surface area contributed by atoms with Crippen molar-refractivity contribution in [2.75, 3.05) is 19.6 Å². The summed E-state index contributed by atoms with van der Waals surface area (Å²) in [4.78, 5) is 6.81. The zero-order valence-electron chi connectivity index (χ0n) is 13.2. The van der Waals surface area contributed by atoms with Crippen molar-refractivity contribution in [3.8, 4) is 0 Å². The van der Waals surface area contributed by atoms with Gasteiger partial charge in [-0.05, 0) is 25.7 Å². The molecule has 0 radical (unpaired) electrons. The molecule has 0 spiro atoms. The van der Waals surface area contributed by atoms with Crippen LogP contribution in [0.25, 0.3) is 0 Å². The van der Waals surface area contributed by atoms with Crippen molar-refractivity contribution in [3.63, 3.8) is 0 Å². The quantitative estimate of drug-likeness (QED) is 0.653. The van der Waals surface area contributed by atoms with Crippen LogP contribution in [0.15, 0.2) is 15.6 Å². The summed E-state index contributed by atoms with van der Waals surface area (Å²) in [5, 5.41) is 16.9. The van der Waals surface area contributed by atoms with E-state index in [9.17, 15) is 5.11 Å². The first kappa shape index (κ1) is 15.8. The maximum absolute atomic E-state index is 9.59. The van der Waals surface area contributed by atoms with E-state index in [0.29, 0.717) is 12.5 Å². The van der Waals surface area contributed by atoms with Gasteiger partial charge in [0.2, 0.25) is 0 Å². The molecule has 0 aromatic carbocycles. The third-order valence-electron chi connectivity index (χ3n) is 3.65. The third-order valence-corrected chi connectivity index (χ3v) is 3.65. The Morgan fingerprint density at radius 1 is 1.52 bits per heavy atom. The minimum absolute atomic E-state index is 0.174. The average molecular weight is 294 g/mol. The molecular weight excluding hydrogens is 268 g/mol. The molecule has 6 heteroatoms. The lowest BCUT2D eigenvalue weighted by Crippen LogP contribution is -2.46. The highest BCUT2D eigenvalue weighted by molar-refractivity contribution is 5.80. The number of aliphatic hydroxyl groups excluding tert-OH is 1. The summed E-state index contributed by atoms with van der Waals surface area (Å²) in [5.74, 6) is 2.03. The molecule has 2 heterocycles. The molecular formula is C15H26N4O2. The SMILES string of the molecule is CCNC(=NCc1cc(C(C)C)no1)N1CCC(O)CC1. The van der Waals surface area contributed by atoms with Crippen molar-refractivity contribution in [1.29, 1.82) is 0 Å². The molecule has 0 amide bonds. The third kappa shape index (κ3) is 4.46. The van der Waals surface area contributed by atoms with Crippen LogP contribution in [0.2, 0.25) is 0 Å². The van der Waals surface area contributed by atoms with Gasteiger partial charge in [-0.2, -0.15) is 0 Å². The highest BCUT2D eigenvalue weighted by Crippen LogP contribution is 2.15. The molecule has 1 aliphatic heterocycles. The van der Waals surface area contributed by atoms with E-state index >= 15 is 0 Å². The molecule has 6 nitrogen and oxygen atoms in total. The van der Waals surface area contributed by atoms with Gasteiger partial charge in [0.1, 0.15) is 6.54 Å². The first-order valence-electron chi connectivity index (χ1n) is 7.77. The largest absolute Gasteiger partial charge is 0.393 e. The van der Waals surface area contributed by atoms with Crippen molar-refractivity contribution >= 4 is 5.96 Å². The Hall–Kier alpha value is -1.56. The second-order valence-corrected chi connectivity index (χ2v) is 5.76. The number of aliphatic imine (C=N–C) groups is 1. The number of hydrogen-bond acceptors (Lipinski definition) is 4. The van der Waals surface area contributed by atoms with Crippen LogP contribution in [0, 0.1) is 0 Å². The number of guanidine groups is 1. The predicted octanol–water partition coefficient (Wildman–Crippen LogP) is 1.72. The second-order valence-electron chi connectivity index (χ2n) is 5.76. The molecule has 2 rings (SSSR count). The van der Waals surface area contributed by atoms with E-state index in [-0.39, 0.29) is 6.10 Å². The fourth-order valence-corrected chi connectivity index (χ4v) is 2.33. The van der Waals surface area contributed by atoms with Crippen molar-refractivity contribution in [2.45, 2.75) is 52.2 Å². The van der Waals surface area contributed by atoms with E-state index in [1.54, 1.807) is 0 Å². The van der Waals surface area contributed by atoms with Crippen LogP contribution in [-0.2, 0) is 6.54 Å². The zero-order chi connectivity index (χ0) is 15.2. The molecule has 0 unspecified atom stereocenters. The van der Waals surface area contributed by atoms with E-state index in [4.69, 9.17) is 4.52 Å². The fraction of sp³-hybridized carbons (Fsp3) is 0.733. The molecule has 2 N–H and O–H groups in total. The number of nitrogens with zero attached hydrogens (tertiary/aromatic N) is 3. The Labute approximate surface area is 126 Å². The standard InChI is InChI=1S/C15H26N4O2/c1-4-16-15(19-7-5-12(20)6-8-19)17-10-13-9-14(11(2)3)18-21-13/h9,11-12,20H,4-8,10H2,1-3H3,(H,16,17). The van der Waals surface area contributed by atoms with Crippen LogP contribution < -0.4 is 5.32 Å². The average Bonchev–Trinajstić information content (AvgIpc) is 2.93. The topological polar surface area (TPSA) is 73.9 Å². The lowest BCUT2D eigenvalue weighted by Gasteiger charge is -2.32. The highest BCUT2D eigenvalue weighted by Gasteiger charge is 2.19. The number of aliphatic hydroxyl groups is 1. The van der Waals surface area contributed by atoms with Crippen LogP contribution in [0.3, 0.4) is 0 Å². The molecule has 1 saturated heterocycles. The number of hydrogen-bond donors (Lipinski definition) is 2. The first-order chi connectivity index (χ1) is 10.1. The molecule has 21 heavy (non-hydrogen) atoms. The van der Waals surface area contributed by atoms with Crippen molar-refractivity contribution in [2.24, 2.45) is 4.99 Å². The smallest absolute Gasteiger partial charge is 0.194 e. The van der Waals surface area contributed by atoms with Crippen LogP contribution >= 0.6 is 0 Å². The Morgan fingerprint density at radius 3 is 2.81 bits per heavy atom. The van der Waals surface area contributed by atoms with Crippen molar-refractivity contribution in [3.05, 3.63) is 17.5 Å². The molecule has 1 aromatic rings. The van der Waals surface area contributed by atoms with E-state index in [2.05, 4.69) is 41.1 Å². The molecule has 1 aromatic heterocycles. The molecule has 1 aliphatic rings. The molecule has 0 saturated carbocycles. The summed E-state index contributed by atoms with van der Waals surface area (Å²) in [6, 6.07) is 1.97. The van der Waals surface area contributed by atoms with Gasteiger partial charge < -0.3 is 19.8 Å². The Kier molecular flexibility index (Phi) is 5.61. The number of rotatable bonds is 4. The summed E-state index contributed by atoms with van der Waals surface area (Å²) in [7, 11) is 0. The maximum atomic E-state index is 9.59. The van der Waals surface area contributed by atoms with Crippen LogP contribution in [-0.4, -0.2) is 46.9 Å². The van der Waals surface area contributed by atoms with Gasteiger partial charge >= 0.3 is 0 Å². The van der Waals surface area contributed by atoms with Gasteiger partial charge in [-0.25, -0.2) is 4.99 Å². The predicted molar refractivity (Wildman–Crippen MR) is 82.2 cm³/mol. The minimum Gasteiger partial charge on any atom is -0.393 e. The summed E-state index contributed by atoms with van der Waals surface area (Å²) in [6.45, 7) is 9.22. The zero-order valence-corrected chi connectivity index (χ0v) is 13.2. The lowest BCUT2D eigenvalue weighted by molar-refractivity contribution is 0.108. The molecule has 0 aliphatic carbocycles. The number of piperidine rings is 1. The van der Waals surface area contributed by atoms with Gasteiger partial charge in [0.15, 0.2) is 11.7 Å². The first-order valence-corrected chi connectivity index (χ1v) is 7.77. The van der Waals surface area contributed by atoms with E-state index < -0.39 is 0 Å². The monoisotopic (exact) mass is 294 g/mol. The van der Waals surface area contributed by atoms with Crippen molar-refractivity contribution < 1.29 is 9.63 Å². The second kappa shape index (κ2) is 7.45. The van der Waals surface area contributed by atoms with Gasteiger partial charge in [-0.3, -0.25) is 0 Å². The number of likely N-dealkylation sites (tertiary alicyclic amines) is 1. The number of aromatic nitrogens is 1. The molecule has 0 atom stereocenters. The van der Waals surface area contributed by atoms with Gasteiger partial charge in [-0.1, -0.05) is 19.0 Å². The van der Waals surface area contributed by atoms with Gasteiger partial charge in [0.25, 0.3) is 0 Å². The summed E-state index contributed by atoms with van der Waals surface area (Å²) >= 11 is 0. The van der Waals surface area contributed by atoms with Gasteiger partial charge in [-0.15, -0.1) is 0 Å². The van der Waals surface area contributed by atoms with E-state index in [0.717, 1.165) is 49.9 Å². The number of nitrogens with one attached hydrogen (secondary N) is 1. The summed E-state index contributed by atoms with van der Waals surface area (Å²) in [5.41, 5.74) is 0.964. The van der Waals surface area contributed by atoms with Crippen molar-refractivity contribution in [1.82, 2.24) is 15.4 Å². The molecule has 118 valence electrons. The van der Waals surface area contributed by atoms with E-state index in [1.807, 2.05) is 6.07 Å². The highest BCUT2D eigenvalue weighted by atomic mass is 16.5. The summed E-state index contributed by atoms with van der Waals surface area (Å²) < 4.78 is 5.32. The molecule has 0 bridgehead atoms. The Balaban J connectivity index is 1.99. The van der Waals surface area contributed by atoms with Gasteiger partial charge in [0, 0.05) is 25.7 Å². The maximum Gasteiger partial charge on any atom is 0.194 e. The van der Waals surface area contributed by atoms with Crippen LogP contribution in [0.4, 0.5) is 0 Å². The Bertz CT molecular complexity index is 462. The minimum atomic E-state index is -0.174. The van der Waals surface area contributed by atoms with Gasteiger partial charge in [0.05, 0.1) is 11.8 Å². The lowest BCUT2D eigenvalue weighted by atomic mass is 10.1. The van der Waals surface area contributed by atoms with Crippen LogP contribution in [0.1, 0.15) is 51.0 Å². The molecule has 1 fully saturated rings. The normalized spacial score (nSPS) is 17.6.